The molecule has 0 aliphatic heterocycles. The van der Waals surface area contributed by atoms with Crippen LogP contribution in [0.5, 0.6) is 11.5 Å². The second kappa shape index (κ2) is 7.48. The predicted octanol–water partition coefficient (Wildman–Crippen LogP) is 6.13. The van der Waals surface area contributed by atoms with Crippen molar-refractivity contribution in [2.75, 3.05) is 14.2 Å². The minimum absolute atomic E-state index is 0.832. The molecule has 0 radical (unpaired) electrons. The lowest BCUT2D eigenvalue weighted by Gasteiger charge is -2.11. The lowest BCUT2D eigenvalue weighted by atomic mass is 10.0. The Morgan fingerprint density at radius 3 is 1.43 bits per heavy atom. The second-order valence-electron chi connectivity index (χ2n) is 7.06. The van der Waals surface area contributed by atoms with Crippen molar-refractivity contribution in [3.63, 3.8) is 0 Å². The fourth-order valence-corrected chi connectivity index (χ4v) is 3.85. The van der Waals surface area contributed by atoms with Crippen molar-refractivity contribution in [1.82, 2.24) is 9.97 Å². The Morgan fingerprint density at radius 1 is 0.567 bits per heavy atom. The molecular weight excluding hydrogens is 372 g/mol. The normalized spacial score (nSPS) is 11.0. The first-order chi connectivity index (χ1) is 14.8. The molecule has 0 bridgehead atoms. The molecule has 146 valence electrons. The number of nitrogens with zero attached hydrogens (tertiary/aromatic N) is 2. The van der Waals surface area contributed by atoms with Gasteiger partial charge in [-0.1, -0.05) is 48.5 Å². The minimum atomic E-state index is 0.832. The average Bonchev–Trinajstić information content (AvgIpc) is 2.83. The van der Waals surface area contributed by atoms with Gasteiger partial charge in [0, 0.05) is 45.4 Å². The zero-order valence-corrected chi connectivity index (χ0v) is 16.8. The highest BCUT2D eigenvalue weighted by Gasteiger charge is 2.11. The molecule has 0 amide bonds. The average molecular weight is 392 g/mol. The Balaban J connectivity index is 1.64. The SMILES string of the molecule is COc1ccccc1-c1cnc2c(ccc3cc(-c4ccccc4OC)cnc32)c1. The molecule has 0 saturated heterocycles. The molecule has 2 heterocycles. The van der Waals surface area contributed by atoms with Gasteiger partial charge < -0.3 is 9.47 Å². The van der Waals surface area contributed by atoms with Crippen molar-refractivity contribution in [3.8, 4) is 33.8 Å². The summed E-state index contributed by atoms with van der Waals surface area (Å²) in [6, 6.07) is 24.4. The van der Waals surface area contributed by atoms with Gasteiger partial charge in [0.25, 0.3) is 0 Å². The lowest BCUT2D eigenvalue weighted by Crippen LogP contribution is -1.91. The molecule has 5 aromatic rings. The van der Waals surface area contributed by atoms with Crippen molar-refractivity contribution < 1.29 is 9.47 Å². The molecule has 30 heavy (non-hydrogen) atoms. The van der Waals surface area contributed by atoms with Gasteiger partial charge in [0.2, 0.25) is 0 Å². The maximum absolute atomic E-state index is 5.51. The Labute approximate surface area is 174 Å². The minimum Gasteiger partial charge on any atom is -0.496 e. The van der Waals surface area contributed by atoms with Gasteiger partial charge in [-0.2, -0.15) is 0 Å². The highest BCUT2D eigenvalue weighted by atomic mass is 16.5. The summed E-state index contributed by atoms with van der Waals surface area (Å²) in [6.45, 7) is 0. The van der Waals surface area contributed by atoms with Crippen LogP contribution in [0.3, 0.4) is 0 Å². The molecule has 0 fully saturated rings. The molecule has 0 aliphatic carbocycles. The largest absolute Gasteiger partial charge is 0.496 e. The molecular formula is C26H20N2O2. The Bertz CT molecular complexity index is 1270. The summed E-state index contributed by atoms with van der Waals surface area (Å²) in [5.41, 5.74) is 5.85. The number of benzene rings is 3. The van der Waals surface area contributed by atoms with E-state index in [2.05, 4.69) is 24.3 Å². The molecule has 5 rings (SSSR count). The summed E-state index contributed by atoms with van der Waals surface area (Å²) in [5, 5.41) is 2.09. The predicted molar refractivity (Wildman–Crippen MR) is 121 cm³/mol. The maximum Gasteiger partial charge on any atom is 0.126 e. The molecule has 0 atom stereocenters. The Kier molecular flexibility index (Phi) is 4.52. The van der Waals surface area contributed by atoms with Crippen molar-refractivity contribution in [2.24, 2.45) is 0 Å². The highest BCUT2D eigenvalue weighted by Crippen LogP contribution is 2.34. The van der Waals surface area contributed by atoms with Crippen molar-refractivity contribution in [1.29, 1.82) is 0 Å². The fourth-order valence-electron chi connectivity index (χ4n) is 3.85. The van der Waals surface area contributed by atoms with Gasteiger partial charge >= 0.3 is 0 Å². The van der Waals surface area contributed by atoms with Gasteiger partial charge in [-0.25, -0.2) is 0 Å². The highest BCUT2D eigenvalue weighted by molar-refractivity contribution is 6.04. The number of hydrogen-bond donors (Lipinski definition) is 0. The van der Waals surface area contributed by atoms with Crippen molar-refractivity contribution >= 4 is 21.8 Å². The number of methoxy groups -OCH3 is 2. The zero-order valence-electron chi connectivity index (χ0n) is 16.8. The van der Waals surface area contributed by atoms with E-state index in [1.807, 2.05) is 60.9 Å². The molecule has 3 aromatic carbocycles. The molecule has 0 saturated carbocycles. The molecule has 4 nitrogen and oxygen atoms in total. The first kappa shape index (κ1) is 18.1. The van der Waals surface area contributed by atoms with E-state index in [0.717, 1.165) is 55.6 Å². The molecule has 0 aliphatic rings. The summed E-state index contributed by atoms with van der Waals surface area (Å²) in [7, 11) is 3.37. The van der Waals surface area contributed by atoms with Gasteiger partial charge in [0.1, 0.15) is 11.5 Å². The van der Waals surface area contributed by atoms with Gasteiger partial charge in [-0.3, -0.25) is 9.97 Å². The van der Waals surface area contributed by atoms with Crippen LogP contribution in [0.1, 0.15) is 0 Å². The van der Waals surface area contributed by atoms with Crippen LogP contribution in [0.4, 0.5) is 0 Å². The van der Waals surface area contributed by atoms with Crippen LogP contribution < -0.4 is 9.47 Å². The number of hydrogen-bond acceptors (Lipinski definition) is 4. The summed E-state index contributed by atoms with van der Waals surface area (Å²) in [5.74, 6) is 1.66. The molecule has 0 spiro atoms. The summed E-state index contributed by atoms with van der Waals surface area (Å²) >= 11 is 0. The van der Waals surface area contributed by atoms with Crippen LogP contribution in [0.15, 0.2) is 85.2 Å². The summed E-state index contributed by atoms with van der Waals surface area (Å²) in [6.07, 6.45) is 3.77. The summed E-state index contributed by atoms with van der Waals surface area (Å²) in [4.78, 5) is 9.51. The molecule has 0 N–H and O–H groups in total. The van der Waals surface area contributed by atoms with E-state index in [-0.39, 0.29) is 0 Å². The first-order valence-electron chi connectivity index (χ1n) is 9.74. The third-order valence-electron chi connectivity index (χ3n) is 5.34. The van der Waals surface area contributed by atoms with Gasteiger partial charge in [-0.15, -0.1) is 0 Å². The third kappa shape index (κ3) is 3.03. The van der Waals surface area contributed by atoms with Crippen LogP contribution in [-0.4, -0.2) is 24.2 Å². The second-order valence-corrected chi connectivity index (χ2v) is 7.06. The fraction of sp³-hybridized carbons (Fsp3) is 0.0769. The number of rotatable bonds is 4. The zero-order chi connectivity index (χ0) is 20.5. The van der Waals surface area contributed by atoms with E-state index in [0.29, 0.717) is 0 Å². The van der Waals surface area contributed by atoms with E-state index < -0.39 is 0 Å². The standard InChI is InChI=1S/C26H20N2O2/c1-29-23-9-5-3-7-21(23)19-13-17-11-12-18-14-20(16-28-26(18)25(17)27-15-19)22-8-4-6-10-24(22)30-2/h3-16H,1-2H3. The van der Waals surface area contributed by atoms with Gasteiger partial charge in [0.05, 0.1) is 25.3 Å². The number of aromatic nitrogens is 2. The number of para-hydroxylation sites is 2. The van der Waals surface area contributed by atoms with Crippen LogP contribution in [0.25, 0.3) is 44.1 Å². The third-order valence-corrected chi connectivity index (χ3v) is 5.34. The van der Waals surface area contributed by atoms with E-state index >= 15 is 0 Å². The van der Waals surface area contributed by atoms with E-state index in [4.69, 9.17) is 19.4 Å². The number of fused-ring (bicyclic) bond motifs is 3. The van der Waals surface area contributed by atoms with Gasteiger partial charge in [-0.05, 0) is 24.3 Å². The van der Waals surface area contributed by atoms with Gasteiger partial charge in [0.15, 0.2) is 0 Å². The van der Waals surface area contributed by atoms with Crippen LogP contribution >= 0.6 is 0 Å². The molecule has 4 heteroatoms. The molecule has 0 unspecified atom stereocenters. The number of pyridine rings is 2. The first-order valence-corrected chi connectivity index (χ1v) is 9.74. The maximum atomic E-state index is 5.51. The van der Waals surface area contributed by atoms with Crippen molar-refractivity contribution in [2.45, 2.75) is 0 Å². The van der Waals surface area contributed by atoms with E-state index in [1.54, 1.807) is 14.2 Å². The quantitative estimate of drug-likeness (QED) is 0.345. The van der Waals surface area contributed by atoms with E-state index in [1.165, 1.54) is 0 Å². The molecule has 2 aromatic heterocycles. The smallest absolute Gasteiger partial charge is 0.126 e. The lowest BCUT2D eigenvalue weighted by molar-refractivity contribution is 0.416. The summed E-state index contributed by atoms with van der Waals surface area (Å²) < 4.78 is 11.0. The topological polar surface area (TPSA) is 44.2 Å². The van der Waals surface area contributed by atoms with E-state index in [9.17, 15) is 0 Å². The number of ether oxygens (including phenoxy) is 2. The Hall–Kier alpha value is -3.92. The van der Waals surface area contributed by atoms with Crippen LogP contribution in [0, 0.1) is 0 Å². The Morgan fingerprint density at radius 2 is 1.00 bits per heavy atom. The van der Waals surface area contributed by atoms with Crippen molar-refractivity contribution in [3.05, 3.63) is 85.2 Å². The van der Waals surface area contributed by atoms with Crippen LogP contribution in [0.2, 0.25) is 0 Å². The monoisotopic (exact) mass is 392 g/mol. The van der Waals surface area contributed by atoms with Crippen LogP contribution in [-0.2, 0) is 0 Å².